The van der Waals surface area contributed by atoms with Crippen LogP contribution in [-0.4, -0.2) is 29.9 Å². The first-order chi connectivity index (χ1) is 12.1. The molecule has 0 bridgehead atoms. The molecule has 1 aromatic heterocycles. The number of rotatable bonds is 5. The van der Waals surface area contributed by atoms with Crippen LogP contribution in [-0.2, 0) is 11.3 Å². The minimum absolute atomic E-state index is 0.149. The molecule has 6 nitrogen and oxygen atoms in total. The molecule has 0 spiro atoms. The highest BCUT2D eigenvalue weighted by atomic mass is 35.5. The lowest BCUT2D eigenvalue weighted by atomic mass is 10.0. The van der Waals surface area contributed by atoms with Crippen molar-refractivity contribution in [2.45, 2.75) is 25.4 Å². The summed E-state index contributed by atoms with van der Waals surface area (Å²) in [6.07, 6.45) is 3.51. The molecule has 132 valence electrons. The quantitative estimate of drug-likeness (QED) is 0.858. The number of hydrogen-bond acceptors (Lipinski definition) is 4. The molecule has 0 saturated carbocycles. The number of imide groups is 1. The van der Waals surface area contributed by atoms with E-state index in [1.54, 1.807) is 12.1 Å². The second kappa shape index (κ2) is 8.18. The van der Waals surface area contributed by atoms with Crippen molar-refractivity contribution in [3.05, 3.63) is 59.0 Å². The SMILES string of the molecule is O=C(CN1CCCC1c1cccc(Cl)c1)NC(=O)NCc1ccco1. The second-order valence-electron chi connectivity index (χ2n) is 5.99. The number of carbonyl (C=O) groups is 2. The minimum Gasteiger partial charge on any atom is -0.467 e. The van der Waals surface area contributed by atoms with Crippen molar-refractivity contribution < 1.29 is 14.0 Å². The summed E-state index contributed by atoms with van der Waals surface area (Å²) in [5, 5.41) is 5.63. The number of halogens is 1. The Morgan fingerprint density at radius 2 is 2.16 bits per heavy atom. The predicted octanol–water partition coefficient (Wildman–Crippen LogP) is 3.10. The third-order valence-corrected chi connectivity index (χ3v) is 4.44. The normalized spacial score (nSPS) is 17.4. The highest BCUT2D eigenvalue weighted by Gasteiger charge is 2.28. The van der Waals surface area contributed by atoms with Gasteiger partial charge in [-0.3, -0.25) is 15.0 Å². The van der Waals surface area contributed by atoms with Gasteiger partial charge in [-0.2, -0.15) is 0 Å². The van der Waals surface area contributed by atoms with Gasteiger partial charge in [0, 0.05) is 11.1 Å². The lowest BCUT2D eigenvalue weighted by Gasteiger charge is -2.24. The van der Waals surface area contributed by atoms with E-state index in [4.69, 9.17) is 16.0 Å². The Balaban J connectivity index is 1.50. The van der Waals surface area contributed by atoms with Gasteiger partial charge in [-0.15, -0.1) is 0 Å². The highest BCUT2D eigenvalue weighted by Crippen LogP contribution is 2.32. The average molecular weight is 362 g/mol. The number of carbonyl (C=O) groups excluding carboxylic acids is 2. The molecule has 2 N–H and O–H groups in total. The van der Waals surface area contributed by atoms with Crippen molar-refractivity contribution in [3.63, 3.8) is 0 Å². The standard InChI is InChI=1S/C18H20ClN3O3/c19-14-5-1-4-13(10-14)16-7-2-8-22(16)12-17(23)21-18(24)20-11-15-6-3-9-25-15/h1,3-6,9-10,16H,2,7-8,11-12H2,(H2,20,21,23,24). The zero-order valence-corrected chi connectivity index (χ0v) is 14.5. The highest BCUT2D eigenvalue weighted by molar-refractivity contribution is 6.30. The Labute approximate surface area is 151 Å². The molecule has 3 amide bonds. The molecule has 1 aliphatic rings. The van der Waals surface area contributed by atoms with Crippen LogP contribution < -0.4 is 10.6 Å². The van der Waals surface area contributed by atoms with E-state index in [0.717, 1.165) is 24.9 Å². The first kappa shape index (κ1) is 17.5. The van der Waals surface area contributed by atoms with Gasteiger partial charge < -0.3 is 9.73 Å². The van der Waals surface area contributed by atoms with Crippen LogP contribution in [0.5, 0.6) is 0 Å². The largest absolute Gasteiger partial charge is 0.467 e. The first-order valence-electron chi connectivity index (χ1n) is 8.21. The van der Waals surface area contributed by atoms with Crippen LogP contribution in [0, 0.1) is 0 Å². The van der Waals surface area contributed by atoms with Crippen molar-refractivity contribution in [1.82, 2.24) is 15.5 Å². The third kappa shape index (κ3) is 4.84. The van der Waals surface area contributed by atoms with Crippen LogP contribution in [0.4, 0.5) is 4.79 Å². The minimum atomic E-state index is -0.528. The third-order valence-electron chi connectivity index (χ3n) is 4.20. The van der Waals surface area contributed by atoms with Gasteiger partial charge in [0.05, 0.1) is 19.4 Å². The van der Waals surface area contributed by atoms with E-state index in [-0.39, 0.29) is 25.0 Å². The zero-order chi connectivity index (χ0) is 17.6. The molecule has 2 heterocycles. The Morgan fingerprint density at radius 3 is 2.92 bits per heavy atom. The van der Waals surface area contributed by atoms with E-state index >= 15 is 0 Å². The maximum Gasteiger partial charge on any atom is 0.321 e. The van der Waals surface area contributed by atoms with E-state index in [9.17, 15) is 9.59 Å². The zero-order valence-electron chi connectivity index (χ0n) is 13.7. The Morgan fingerprint density at radius 1 is 1.28 bits per heavy atom. The van der Waals surface area contributed by atoms with Gasteiger partial charge in [-0.05, 0) is 49.2 Å². The Hall–Kier alpha value is -2.31. The molecule has 1 aliphatic heterocycles. The predicted molar refractivity (Wildman–Crippen MR) is 94.1 cm³/mol. The van der Waals surface area contributed by atoms with Crippen LogP contribution in [0.25, 0.3) is 0 Å². The number of likely N-dealkylation sites (tertiary alicyclic amines) is 1. The van der Waals surface area contributed by atoms with Crippen LogP contribution >= 0.6 is 11.6 Å². The molecule has 1 saturated heterocycles. The molecule has 1 unspecified atom stereocenters. The van der Waals surface area contributed by atoms with Gasteiger partial charge in [0.2, 0.25) is 5.91 Å². The maximum atomic E-state index is 12.2. The lowest BCUT2D eigenvalue weighted by Crippen LogP contribution is -2.44. The number of nitrogens with one attached hydrogen (secondary N) is 2. The van der Waals surface area contributed by atoms with Gasteiger partial charge in [0.25, 0.3) is 0 Å². The molecule has 3 rings (SSSR count). The van der Waals surface area contributed by atoms with Crippen molar-refractivity contribution in [3.8, 4) is 0 Å². The number of urea groups is 1. The van der Waals surface area contributed by atoms with Gasteiger partial charge >= 0.3 is 6.03 Å². The molecule has 0 radical (unpaired) electrons. The van der Waals surface area contributed by atoms with Crippen molar-refractivity contribution in [2.24, 2.45) is 0 Å². The van der Waals surface area contributed by atoms with Gasteiger partial charge in [0.1, 0.15) is 5.76 Å². The number of furan rings is 1. The van der Waals surface area contributed by atoms with Gasteiger partial charge in [-0.1, -0.05) is 23.7 Å². The maximum absolute atomic E-state index is 12.2. The summed E-state index contributed by atoms with van der Waals surface area (Å²) in [4.78, 5) is 26.0. The Kier molecular flexibility index (Phi) is 5.73. The summed E-state index contributed by atoms with van der Waals surface area (Å²) in [6.45, 7) is 1.23. The lowest BCUT2D eigenvalue weighted by molar-refractivity contribution is -0.121. The fourth-order valence-corrected chi connectivity index (χ4v) is 3.28. The number of nitrogens with zero attached hydrogens (tertiary/aromatic N) is 1. The summed E-state index contributed by atoms with van der Waals surface area (Å²) >= 11 is 6.06. The number of hydrogen-bond donors (Lipinski definition) is 2. The van der Waals surface area contributed by atoms with Crippen LogP contribution in [0.3, 0.4) is 0 Å². The Bertz CT molecular complexity index is 733. The van der Waals surface area contributed by atoms with E-state index < -0.39 is 6.03 Å². The van der Waals surface area contributed by atoms with Gasteiger partial charge in [0.15, 0.2) is 0 Å². The van der Waals surface area contributed by atoms with E-state index in [2.05, 4.69) is 15.5 Å². The molecule has 2 aromatic rings. The molecular weight excluding hydrogens is 342 g/mol. The second-order valence-corrected chi connectivity index (χ2v) is 6.43. The first-order valence-corrected chi connectivity index (χ1v) is 8.59. The van der Waals surface area contributed by atoms with E-state index in [0.29, 0.717) is 10.8 Å². The molecule has 1 fully saturated rings. The van der Waals surface area contributed by atoms with Crippen molar-refractivity contribution in [1.29, 1.82) is 0 Å². The smallest absolute Gasteiger partial charge is 0.321 e. The monoisotopic (exact) mass is 361 g/mol. The average Bonchev–Trinajstić information content (AvgIpc) is 3.24. The van der Waals surface area contributed by atoms with Crippen LogP contribution in [0.2, 0.25) is 5.02 Å². The van der Waals surface area contributed by atoms with E-state index in [1.165, 1.54) is 6.26 Å². The summed E-state index contributed by atoms with van der Waals surface area (Å²) in [5.41, 5.74) is 1.10. The molecule has 25 heavy (non-hydrogen) atoms. The topological polar surface area (TPSA) is 74.6 Å². The van der Waals surface area contributed by atoms with Crippen molar-refractivity contribution in [2.75, 3.05) is 13.1 Å². The molecule has 7 heteroatoms. The summed E-state index contributed by atoms with van der Waals surface area (Å²) in [6, 6.07) is 10.8. The number of amides is 3. The van der Waals surface area contributed by atoms with Crippen LogP contribution in [0.15, 0.2) is 47.1 Å². The molecule has 1 aromatic carbocycles. The van der Waals surface area contributed by atoms with Crippen molar-refractivity contribution >= 4 is 23.5 Å². The summed E-state index contributed by atoms with van der Waals surface area (Å²) in [5.74, 6) is 0.300. The molecule has 0 aliphatic carbocycles. The van der Waals surface area contributed by atoms with Crippen LogP contribution in [0.1, 0.15) is 30.2 Å². The molecule has 1 atom stereocenters. The fraction of sp³-hybridized carbons (Fsp3) is 0.333. The van der Waals surface area contributed by atoms with Gasteiger partial charge in [-0.25, -0.2) is 4.79 Å². The van der Waals surface area contributed by atoms with E-state index in [1.807, 2.05) is 24.3 Å². The number of benzene rings is 1. The fourth-order valence-electron chi connectivity index (χ4n) is 3.08. The summed E-state index contributed by atoms with van der Waals surface area (Å²) in [7, 11) is 0. The summed E-state index contributed by atoms with van der Waals surface area (Å²) < 4.78 is 5.12. The molecular formula is C18H20ClN3O3.